The standard InChI is InChI=1S/C20H18FN3O3/c21-19-9-14(8-15(13-25)20(19)26)16-11-22-24(12-16)18-3-1-2-17(10-18)23-4-6-27-7-5-23/h1-3,8-13,26H,4-7H2. The molecular weight excluding hydrogens is 349 g/mol. The first kappa shape index (κ1) is 17.2. The third-order valence-corrected chi connectivity index (χ3v) is 4.61. The van der Waals surface area contributed by atoms with Crippen LogP contribution >= 0.6 is 0 Å². The molecule has 1 fully saturated rings. The lowest BCUT2D eigenvalue weighted by atomic mass is 10.1. The minimum atomic E-state index is -0.836. The molecule has 1 saturated heterocycles. The fraction of sp³-hybridized carbons (Fsp3) is 0.200. The van der Waals surface area contributed by atoms with Gasteiger partial charge in [-0.15, -0.1) is 0 Å². The average molecular weight is 367 g/mol. The van der Waals surface area contributed by atoms with E-state index in [-0.39, 0.29) is 5.56 Å². The lowest BCUT2D eigenvalue weighted by Gasteiger charge is -2.29. The normalized spacial score (nSPS) is 14.3. The van der Waals surface area contributed by atoms with Crippen molar-refractivity contribution in [1.82, 2.24) is 9.78 Å². The minimum Gasteiger partial charge on any atom is -0.504 e. The molecule has 7 heteroatoms. The second kappa shape index (κ2) is 7.20. The number of nitrogens with zero attached hydrogens (tertiary/aromatic N) is 3. The molecule has 1 aliphatic rings. The van der Waals surface area contributed by atoms with Gasteiger partial charge >= 0.3 is 0 Å². The Morgan fingerprint density at radius 2 is 1.89 bits per heavy atom. The monoisotopic (exact) mass is 367 g/mol. The summed E-state index contributed by atoms with van der Waals surface area (Å²) in [4.78, 5) is 13.3. The van der Waals surface area contributed by atoms with Gasteiger partial charge in [0.25, 0.3) is 0 Å². The predicted molar refractivity (Wildman–Crippen MR) is 99.0 cm³/mol. The predicted octanol–water partition coefficient (Wildman–Crippen LogP) is 3.03. The summed E-state index contributed by atoms with van der Waals surface area (Å²) in [5, 5.41) is 13.9. The van der Waals surface area contributed by atoms with Crippen molar-refractivity contribution in [2.75, 3.05) is 31.2 Å². The highest BCUT2D eigenvalue weighted by molar-refractivity contribution is 5.82. The molecular formula is C20H18FN3O3. The molecule has 0 unspecified atom stereocenters. The Morgan fingerprint density at radius 3 is 2.67 bits per heavy atom. The smallest absolute Gasteiger partial charge is 0.166 e. The molecule has 2 heterocycles. The van der Waals surface area contributed by atoms with Crippen molar-refractivity contribution in [1.29, 1.82) is 0 Å². The number of rotatable bonds is 4. The maximum Gasteiger partial charge on any atom is 0.166 e. The van der Waals surface area contributed by atoms with Crippen LogP contribution in [0.15, 0.2) is 48.8 Å². The number of aromatic nitrogens is 2. The fourth-order valence-electron chi connectivity index (χ4n) is 3.14. The van der Waals surface area contributed by atoms with Gasteiger partial charge in [0.1, 0.15) is 0 Å². The molecule has 2 aromatic carbocycles. The summed E-state index contributed by atoms with van der Waals surface area (Å²) in [6, 6.07) is 10.6. The van der Waals surface area contributed by atoms with Gasteiger partial charge in [-0.3, -0.25) is 4.79 Å². The number of halogens is 1. The number of anilines is 1. The molecule has 6 nitrogen and oxygen atoms in total. The minimum absolute atomic E-state index is 0.0907. The van der Waals surface area contributed by atoms with Crippen LogP contribution in [-0.2, 0) is 4.74 Å². The molecule has 0 amide bonds. The van der Waals surface area contributed by atoms with E-state index >= 15 is 0 Å². The number of benzene rings is 2. The lowest BCUT2D eigenvalue weighted by molar-refractivity contribution is 0.112. The van der Waals surface area contributed by atoms with E-state index in [1.807, 2.05) is 24.3 Å². The Balaban J connectivity index is 1.65. The number of phenolic OH excluding ortho intramolecular Hbond substituents is 1. The van der Waals surface area contributed by atoms with Crippen molar-refractivity contribution in [3.05, 3.63) is 60.2 Å². The number of hydrogen-bond donors (Lipinski definition) is 1. The highest BCUT2D eigenvalue weighted by Crippen LogP contribution is 2.29. The van der Waals surface area contributed by atoms with Crippen LogP contribution in [0.4, 0.5) is 10.1 Å². The molecule has 1 aliphatic heterocycles. The highest BCUT2D eigenvalue weighted by Gasteiger charge is 2.14. The third kappa shape index (κ3) is 3.41. The average Bonchev–Trinajstić information content (AvgIpc) is 3.21. The Morgan fingerprint density at radius 1 is 1.11 bits per heavy atom. The van der Waals surface area contributed by atoms with E-state index in [9.17, 15) is 14.3 Å². The lowest BCUT2D eigenvalue weighted by Crippen LogP contribution is -2.36. The van der Waals surface area contributed by atoms with Crippen molar-refractivity contribution in [3.63, 3.8) is 0 Å². The second-order valence-corrected chi connectivity index (χ2v) is 6.31. The van der Waals surface area contributed by atoms with Crippen molar-refractivity contribution >= 4 is 12.0 Å². The van der Waals surface area contributed by atoms with Gasteiger partial charge in [-0.05, 0) is 35.9 Å². The second-order valence-electron chi connectivity index (χ2n) is 6.31. The molecule has 0 spiro atoms. The molecule has 0 bridgehead atoms. The summed E-state index contributed by atoms with van der Waals surface area (Å²) in [5.41, 5.74) is 3.00. The van der Waals surface area contributed by atoms with E-state index in [1.54, 1.807) is 17.1 Å². The first-order valence-corrected chi connectivity index (χ1v) is 8.61. The van der Waals surface area contributed by atoms with Gasteiger partial charge in [-0.1, -0.05) is 6.07 Å². The van der Waals surface area contributed by atoms with Crippen molar-refractivity contribution in [3.8, 4) is 22.6 Å². The van der Waals surface area contributed by atoms with Gasteiger partial charge in [-0.25, -0.2) is 9.07 Å². The zero-order valence-corrected chi connectivity index (χ0v) is 14.5. The molecule has 27 heavy (non-hydrogen) atoms. The Bertz CT molecular complexity index is 980. The summed E-state index contributed by atoms with van der Waals surface area (Å²) in [7, 11) is 0. The summed E-state index contributed by atoms with van der Waals surface area (Å²) < 4.78 is 20.9. The van der Waals surface area contributed by atoms with Gasteiger partial charge in [0.05, 0.1) is 30.7 Å². The summed E-state index contributed by atoms with van der Waals surface area (Å²) in [6.45, 7) is 3.10. The molecule has 3 aromatic rings. The number of hydrogen-bond acceptors (Lipinski definition) is 5. The fourth-order valence-corrected chi connectivity index (χ4v) is 3.14. The van der Waals surface area contributed by atoms with Gasteiger partial charge in [0.15, 0.2) is 17.9 Å². The number of ether oxygens (including phenoxy) is 1. The first-order valence-electron chi connectivity index (χ1n) is 8.61. The molecule has 0 atom stereocenters. The van der Waals surface area contributed by atoms with Crippen LogP contribution < -0.4 is 4.90 Å². The zero-order chi connectivity index (χ0) is 18.8. The van der Waals surface area contributed by atoms with Gasteiger partial charge in [0.2, 0.25) is 0 Å². The maximum atomic E-state index is 13.8. The van der Waals surface area contributed by atoms with Crippen LogP contribution in [0.3, 0.4) is 0 Å². The zero-order valence-electron chi connectivity index (χ0n) is 14.5. The molecule has 0 saturated carbocycles. The van der Waals surface area contributed by atoms with Crippen LogP contribution in [0.1, 0.15) is 10.4 Å². The Labute approximate surface area is 155 Å². The molecule has 1 aromatic heterocycles. The number of aromatic hydroxyl groups is 1. The number of carbonyl (C=O) groups excluding carboxylic acids is 1. The SMILES string of the molecule is O=Cc1cc(-c2cnn(-c3cccc(N4CCOCC4)c3)c2)cc(F)c1O. The third-order valence-electron chi connectivity index (χ3n) is 4.61. The summed E-state index contributed by atoms with van der Waals surface area (Å²) in [5.74, 6) is -1.48. The quantitative estimate of drug-likeness (QED) is 0.718. The number of phenols is 1. The van der Waals surface area contributed by atoms with Gasteiger partial charge in [-0.2, -0.15) is 5.10 Å². The molecule has 138 valence electrons. The Hall–Kier alpha value is -3.19. The topological polar surface area (TPSA) is 67.6 Å². The summed E-state index contributed by atoms with van der Waals surface area (Å²) in [6.07, 6.45) is 3.79. The van der Waals surface area contributed by atoms with Gasteiger partial charge in [0, 0.05) is 30.5 Å². The van der Waals surface area contributed by atoms with E-state index in [4.69, 9.17) is 4.74 Å². The van der Waals surface area contributed by atoms with E-state index in [0.29, 0.717) is 30.6 Å². The number of carbonyl (C=O) groups is 1. The van der Waals surface area contributed by atoms with E-state index in [0.717, 1.165) is 24.5 Å². The van der Waals surface area contributed by atoms with Crippen LogP contribution in [-0.4, -0.2) is 47.5 Å². The summed E-state index contributed by atoms with van der Waals surface area (Å²) >= 11 is 0. The molecule has 1 N–H and O–H groups in total. The van der Waals surface area contributed by atoms with Crippen LogP contribution in [0, 0.1) is 5.82 Å². The molecule has 0 aliphatic carbocycles. The van der Waals surface area contributed by atoms with E-state index in [1.165, 1.54) is 12.1 Å². The van der Waals surface area contributed by atoms with Crippen LogP contribution in [0.5, 0.6) is 5.75 Å². The Kier molecular flexibility index (Phi) is 4.60. The van der Waals surface area contributed by atoms with Crippen LogP contribution in [0.2, 0.25) is 0 Å². The van der Waals surface area contributed by atoms with Crippen LogP contribution in [0.25, 0.3) is 16.8 Å². The largest absolute Gasteiger partial charge is 0.504 e. The molecule has 4 rings (SSSR count). The van der Waals surface area contributed by atoms with E-state index < -0.39 is 11.6 Å². The number of aldehydes is 1. The van der Waals surface area contributed by atoms with Crippen molar-refractivity contribution < 1.29 is 19.0 Å². The highest BCUT2D eigenvalue weighted by atomic mass is 19.1. The number of morpholine rings is 1. The van der Waals surface area contributed by atoms with Crippen molar-refractivity contribution in [2.24, 2.45) is 0 Å². The van der Waals surface area contributed by atoms with Gasteiger partial charge < -0.3 is 14.7 Å². The first-order chi connectivity index (χ1) is 13.2. The molecule has 0 radical (unpaired) electrons. The maximum absolute atomic E-state index is 13.8. The van der Waals surface area contributed by atoms with Crippen molar-refractivity contribution in [2.45, 2.75) is 0 Å². The van der Waals surface area contributed by atoms with E-state index in [2.05, 4.69) is 10.00 Å².